The molecule has 2 N–H and O–H groups in total. The molecule has 2 saturated heterocycles. The molecule has 1 aromatic rings. The molecule has 24 heavy (non-hydrogen) atoms. The fourth-order valence-corrected chi connectivity index (χ4v) is 4.79. The van der Waals surface area contributed by atoms with Crippen molar-refractivity contribution in [3.8, 4) is 0 Å². The highest BCUT2D eigenvalue weighted by Crippen LogP contribution is 2.32. The summed E-state index contributed by atoms with van der Waals surface area (Å²) in [5, 5.41) is 6.88. The van der Waals surface area contributed by atoms with Crippen LogP contribution in [-0.4, -0.2) is 24.0 Å². The highest BCUT2D eigenvalue weighted by atomic mass is 35.5. The minimum absolute atomic E-state index is 0. The number of carbonyl (C=O) groups is 1. The summed E-state index contributed by atoms with van der Waals surface area (Å²) in [6.07, 6.45) is 11.4. The van der Waals surface area contributed by atoms with Gasteiger partial charge in [0, 0.05) is 23.7 Å². The number of fused-ring (bicyclic) bond motifs is 2. The predicted octanol–water partition coefficient (Wildman–Crippen LogP) is 4.17. The van der Waals surface area contributed by atoms with E-state index in [1.807, 2.05) is 12.1 Å². The molecule has 0 spiro atoms. The van der Waals surface area contributed by atoms with Gasteiger partial charge in [-0.25, -0.2) is 0 Å². The first-order valence-corrected chi connectivity index (χ1v) is 9.45. The molecule has 2 heterocycles. The summed E-state index contributed by atoms with van der Waals surface area (Å²) < 4.78 is 0. The second-order valence-corrected chi connectivity index (χ2v) is 7.74. The van der Waals surface area contributed by atoms with Crippen LogP contribution in [0.1, 0.15) is 79.6 Å². The van der Waals surface area contributed by atoms with Gasteiger partial charge in [0.1, 0.15) is 0 Å². The standard InChI is InChI=1S/C20H28N2O.ClH/c23-20(22-19-12-17-10-11-18(13-19)21-17)16-8-6-15(7-9-16)14-4-2-1-3-5-14;/h6-9,14,17-19,21H,1-5,10-13H2,(H,22,23);1H. The summed E-state index contributed by atoms with van der Waals surface area (Å²) in [7, 11) is 0. The molecule has 132 valence electrons. The Balaban J connectivity index is 0.00000169. The van der Waals surface area contributed by atoms with Gasteiger partial charge in [0.05, 0.1) is 0 Å². The van der Waals surface area contributed by atoms with Crippen molar-refractivity contribution in [1.82, 2.24) is 10.6 Å². The van der Waals surface area contributed by atoms with Crippen LogP contribution in [0.2, 0.25) is 0 Å². The third kappa shape index (κ3) is 3.94. The fourth-order valence-electron chi connectivity index (χ4n) is 4.79. The Morgan fingerprint density at radius 3 is 2.17 bits per heavy atom. The van der Waals surface area contributed by atoms with Crippen molar-refractivity contribution in [2.75, 3.05) is 0 Å². The average Bonchev–Trinajstić information content (AvgIpc) is 2.94. The molecule has 0 radical (unpaired) electrons. The summed E-state index contributed by atoms with van der Waals surface area (Å²) in [6.45, 7) is 0. The van der Waals surface area contributed by atoms with E-state index < -0.39 is 0 Å². The molecule has 2 atom stereocenters. The molecule has 3 aliphatic rings. The molecule has 2 unspecified atom stereocenters. The second-order valence-electron chi connectivity index (χ2n) is 7.74. The van der Waals surface area contributed by atoms with E-state index in [4.69, 9.17) is 0 Å². The van der Waals surface area contributed by atoms with Gasteiger partial charge in [-0.3, -0.25) is 4.79 Å². The Morgan fingerprint density at radius 1 is 0.917 bits per heavy atom. The quantitative estimate of drug-likeness (QED) is 0.860. The van der Waals surface area contributed by atoms with Gasteiger partial charge in [0.15, 0.2) is 0 Å². The van der Waals surface area contributed by atoms with E-state index in [1.165, 1.54) is 50.5 Å². The summed E-state index contributed by atoms with van der Waals surface area (Å²) in [6, 6.07) is 9.98. The number of hydrogen-bond donors (Lipinski definition) is 2. The van der Waals surface area contributed by atoms with Gasteiger partial charge in [0.2, 0.25) is 0 Å². The lowest BCUT2D eigenvalue weighted by molar-refractivity contribution is 0.0924. The maximum Gasteiger partial charge on any atom is 0.251 e. The third-order valence-corrected chi connectivity index (χ3v) is 6.06. The van der Waals surface area contributed by atoms with Crippen LogP contribution in [-0.2, 0) is 0 Å². The van der Waals surface area contributed by atoms with Crippen molar-refractivity contribution in [3.63, 3.8) is 0 Å². The van der Waals surface area contributed by atoms with E-state index >= 15 is 0 Å². The highest BCUT2D eigenvalue weighted by Gasteiger charge is 2.34. The minimum atomic E-state index is 0. The lowest BCUT2D eigenvalue weighted by Crippen LogP contribution is -2.48. The number of halogens is 1. The number of piperidine rings is 1. The zero-order valence-corrected chi connectivity index (χ0v) is 15.1. The van der Waals surface area contributed by atoms with Gasteiger partial charge in [-0.05, 0) is 62.1 Å². The minimum Gasteiger partial charge on any atom is -0.349 e. The monoisotopic (exact) mass is 348 g/mol. The van der Waals surface area contributed by atoms with Crippen LogP contribution in [0.5, 0.6) is 0 Å². The maximum absolute atomic E-state index is 12.5. The summed E-state index contributed by atoms with van der Waals surface area (Å²) in [5.74, 6) is 0.812. The van der Waals surface area contributed by atoms with Crippen molar-refractivity contribution in [1.29, 1.82) is 0 Å². The number of hydrogen-bond acceptors (Lipinski definition) is 2. The number of carbonyl (C=O) groups excluding carboxylic acids is 1. The van der Waals surface area contributed by atoms with Crippen LogP contribution in [0, 0.1) is 0 Å². The zero-order chi connectivity index (χ0) is 15.6. The van der Waals surface area contributed by atoms with Crippen LogP contribution in [0.15, 0.2) is 24.3 Å². The van der Waals surface area contributed by atoms with Crippen molar-refractivity contribution >= 4 is 18.3 Å². The summed E-state index contributed by atoms with van der Waals surface area (Å²) in [4.78, 5) is 12.5. The Labute approximate surface area is 151 Å². The predicted molar refractivity (Wildman–Crippen MR) is 99.9 cm³/mol. The van der Waals surface area contributed by atoms with Gasteiger partial charge in [-0.1, -0.05) is 31.4 Å². The summed E-state index contributed by atoms with van der Waals surface area (Å²) in [5.41, 5.74) is 2.23. The smallest absolute Gasteiger partial charge is 0.251 e. The molecular formula is C20H29ClN2O. The molecule has 1 amide bonds. The van der Waals surface area contributed by atoms with Crippen molar-refractivity contribution in [2.45, 2.75) is 81.8 Å². The number of amides is 1. The van der Waals surface area contributed by atoms with Crippen LogP contribution in [0.3, 0.4) is 0 Å². The lowest BCUT2D eigenvalue weighted by atomic mass is 9.84. The second kappa shape index (κ2) is 7.88. The molecule has 0 aromatic heterocycles. The van der Waals surface area contributed by atoms with E-state index in [9.17, 15) is 4.79 Å². The van der Waals surface area contributed by atoms with Gasteiger partial charge in [-0.2, -0.15) is 0 Å². The van der Waals surface area contributed by atoms with E-state index in [0.29, 0.717) is 24.0 Å². The molecule has 2 bridgehead atoms. The molecule has 1 aliphatic carbocycles. The van der Waals surface area contributed by atoms with Gasteiger partial charge < -0.3 is 10.6 Å². The molecule has 2 aliphatic heterocycles. The molecule has 4 heteroatoms. The Kier molecular flexibility index (Phi) is 5.83. The maximum atomic E-state index is 12.5. The van der Waals surface area contributed by atoms with E-state index in [1.54, 1.807) is 0 Å². The van der Waals surface area contributed by atoms with Gasteiger partial charge >= 0.3 is 0 Å². The van der Waals surface area contributed by atoms with Crippen LogP contribution < -0.4 is 10.6 Å². The van der Waals surface area contributed by atoms with Crippen LogP contribution >= 0.6 is 12.4 Å². The molecule has 1 aromatic carbocycles. The first-order valence-electron chi connectivity index (χ1n) is 9.45. The van der Waals surface area contributed by atoms with Gasteiger partial charge in [-0.15, -0.1) is 12.4 Å². The van der Waals surface area contributed by atoms with Crippen molar-refractivity contribution < 1.29 is 4.79 Å². The largest absolute Gasteiger partial charge is 0.349 e. The molecule has 3 fully saturated rings. The summed E-state index contributed by atoms with van der Waals surface area (Å²) >= 11 is 0. The molecule has 3 nitrogen and oxygen atoms in total. The fraction of sp³-hybridized carbons (Fsp3) is 0.650. The SMILES string of the molecule is Cl.O=C(NC1CC2CCC(C1)N2)c1ccc(C2CCCCC2)cc1. The number of nitrogens with one attached hydrogen (secondary N) is 2. The molecular weight excluding hydrogens is 320 g/mol. The molecule has 4 rings (SSSR count). The first kappa shape index (κ1) is 17.8. The number of rotatable bonds is 3. The molecule has 1 saturated carbocycles. The normalized spacial score (nSPS) is 29.8. The van der Waals surface area contributed by atoms with E-state index in [-0.39, 0.29) is 18.3 Å². The Bertz CT molecular complexity index is 541. The zero-order valence-electron chi connectivity index (χ0n) is 14.3. The first-order chi connectivity index (χ1) is 11.3. The highest BCUT2D eigenvalue weighted by molar-refractivity contribution is 5.94. The van der Waals surface area contributed by atoms with Crippen molar-refractivity contribution in [2.24, 2.45) is 0 Å². The lowest BCUT2D eigenvalue weighted by Gasteiger charge is -2.29. The van der Waals surface area contributed by atoms with Crippen molar-refractivity contribution in [3.05, 3.63) is 35.4 Å². The van der Waals surface area contributed by atoms with E-state index in [0.717, 1.165) is 18.4 Å². The van der Waals surface area contributed by atoms with Gasteiger partial charge in [0.25, 0.3) is 5.91 Å². The number of benzene rings is 1. The third-order valence-electron chi connectivity index (χ3n) is 6.06. The van der Waals surface area contributed by atoms with Crippen LogP contribution in [0.25, 0.3) is 0 Å². The van der Waals surface area contributed by atoms with E-state index in [2.05, 4.69) is 22.8 Å². The van der Waals surface area contributed by atoms with Crippen LogP contribution in [0.4, 0.5) is 0 Å². The Morgan fingerprint density at radius 2 is 1.54 bits per heavy atom. The average molecular weight is 349 g/mol. The Hall–Kier alpha value is -1.06. The topological polar surface area (TPSA) is 41.1 Å².